The molecule has 16 N–H and O–H groups in total. The number of carboxylic acids is 2. The van der Waals surface area contributed by atoms with Gasteiger partial charge in [0.15, 0.2) is 18.5 Å². The monoisotopic (exact) mass is 1250 g/mol. The fourth-order valence-electron chi connectivity index (χ4n) is 10.8. The predicted molar refractivity (Wildman–Crippen MR) is 262 cm³/mol. The van der Waals surface area contributed by atoms with E-state index < -0.39 is 281 Å². The van der Waals surface area contributed by atoms with E-state index in [1.807, 2.05) is 0 Å². The van der Waals surface area contributed by atoms with Crippen molar-refractivity contribution in [1.82, 2.24) is 0 Å². The molecule has 0 bridgehead atoms. The Morgan fingerprint density at radius 1 is 0.446 bits per heavy atom. The number of rotatable bonds is 27. The van der Waals surface area contributed by atoms with Gasteiger partial charge in [0.2, 0.25) is 5.76 Å². The maximum atomic E-state index is 12.7. The largest absolute Gasteiger partial charge is 0.479 e. The first kappa shape index (κ1) is 69.4. The summed E-state index contributed by atoms with van der Waals surface area (Å²) < 4.78 is 136. The average molecular weight is 1250 g/mol. The highest BCUT2D eigenvalue weighted by atomic mass is 32.3. The van der Waals surface area contributed by atoms with Gasteiger partial charge in [0, 0.05) is 29.6 Å². The van der Waals surface area contributed by atoms with Crippen molar-refractivity contribution in [2.75, 3.05) is 72.7 Å². The van der Waals surface area contributed by atoms with Crippen molar-refractivity contribution in [2.24, 2.45) is 29.6 Å². The van der Waals surface area contributed by atoms with Crippen LogP contribution in [0.1, 0.15) is 20.8 Å². The van der Waals surface area contributed by atoms with Crippen molar-refractivity contribution in [1.29, 1.82) is 0 Å². The Bertz CT molecular complexity index is 2340. The van der Waals surface area contributed by atoms with Crippen molar-refractivity contribution >= 4 is 32.7 Å². The number of carbonyl (C=O) groups is 2. The van der Waals surface area contributed by atoms with E-state index in [4.69, 9.17) is 56.7 Å². The normalized spacial score (nSPS) is 43.7. The summed E-state index contributed by atoms with van der Waals surface area (Å²) in [5.74, 6) is -9.69. The van der Waals surface area contributed by atoms with Crippen molar-refractivity contribution < 1.29 is 167 Å². The summed E-state index contributed by atoms with van der Waals surface area (Å²) in [6, 6.07) is 0. The van der Waals surface area contributed by atoms with Crippen LogP contribution in [0.2, 0.25) is 0 Å². The zero-order chi connectivity index (χ0) is 61.6. The van der Waals surface area contributed by atoms with Gasteiger partial charge in [-0.05, 0) is 26.8 Å². The molecule has 0 saturated carbocycles. The summed E-state index contributed by atoms with van der Waals surface area (Å²) >= 11 is 0. The molecule has 83 heavy (non-hydrogen) atoms. The molecule has 35 nitrogen and oxygen atoms in total. The first-order valence-electron chi connectivity index (χ1n) is 26.2. The lowest BCUT2D eigenvalue weighted by Gasteiger charge is -2.45. The zero-order valence-corrected chi connectivity index (χ0v) is 46.4. The first-order chi connectivity index (χ1) is 38.8. The molecule has 6 heterocycles. The van der Waals surface area contributed by atoms with Gasteiger partial charge in [0.25, 0.3) is 0 Å². The zero-order valence-electron chi connectivity index (χ0n) is 44.7. The summed E-state index contributed by atoms with van der Waals surface area (Å²) in [4.78, 5) is 24.3. The number of aliphatic hydroxyl groups excluding tert-OH is 12. The molecule has 6 aliphatic heterocycles. The van der Waals surface area contributed by atoms with Crippen molar-refractivity contribution in [3.05, 3.63) is 11.8 Å². The number of hydrogen-bond donors (Lipinski definition) is 16. The Kier molecular flexibility index (Phi) is 25.1. The second kappa shape index (κ2) is 30.0. The van der Waals surface area contributed by atoms with Crippen molar-refractivity contribution in [3.8, 4) is 0 Å². The van der Waals surface area contributed by atoms with Gasteiger partial charge in [-0.3, -0.25) is 9.11 Å². The van der Waals surface area contributed by atoms with E-state index in [1.54, 1.807) is 0 Å². The molecule has 482 valence electrons. The molecule has 37 heteroatoms. The quantitative estimate of drug-likeness (QED) is 0.0340. The van der Waals surface area contributed by atoms with Gasteiger partial charge >= 0.3 is 32.7 Å². The van der Waals surface area contributed by atoms with Gasteiger partial charge in [-0.25, -0.2) is 18.0 Å². The van der Waals surface area contributed by atoms with Crippen LogP contribution in [0.25, 0.3) is 0 Å². The molecule has 0 aromatic heterocycles. The lowest BCUT2D eigenvalue weighted by molar-refractivity contribution is -0.275. The molecule has 5 fully saturated rings. The SMILES string of the molecule is CC1O[C@H](COC[C@@H]2C(C(=O)O)O[C@@H](COCC3C(COC[C@@H]4OC(C)[C@@H](O)C(OS(=O)(=O)O)C4O)[C@H](O)C(CO)O[C@H]3O)C(O)C2O)C(COC[C@@H]2OC(C(=O)O)=CC(O)C2O)C(COC[C@@H]2OC(C)[C@@H](O)C(OS(=O)(=O)O)C2O)[C@@H]1O. The average Bonchev–Trinajstić information content (AvgIpc) is 3.42. The number of aliphatic hydroxyl groups is 12. The Labute approximate surface area is 474 Å². The Hall–Kier alpha value is -2.66. The molecular weight excluding hydrogens is 1180 g/mol. The third kappa shape index (κ3) is 17.8. The second-order valence-corrected chi connectivity index (χ2v) is 23.3. The number of carboxylic acid groups (broad SMARTS) is 2. The van der Waals surface area contributed by atoms with Crippen LogP contribution in [0.4, 0.5) is 0 Å². The van der Waals surface area contributed by atoms with Crippen LogP contribution >= 0.6 is 0 Å². The first-order valence-corrected chi connectivity index (χ1v) is 29.0. The Morgan fingerprint density at radius 3 is 1.33 bits per heavy atom. The van der Waals surface area contributed by atoms with E-state index >= 15 is 0 Å². The number of hydrogen-bond acceptors (Lipinski definition) is 31. The van der Waals surface area contributed by atoms with E-state index in [0.717, 1.165) is 6.08 Å². The van der Waals surface area contributed by atoms with Gasteiger partial charge in [-0.1, -0.05) is 0 Å². The Morgan fingerprint density at radius 2 is 0.855 bits per heavy atom. The highest BCUT2D eigenvalue weighted by Gasteiger charge is 2.52. The molecule has 6 aliphatic rings. The van der Waals surface area contributed by atoms with Gasteiger partial charge < -0.3 is 124 Å². The number of ether oxygens (including phenoxy) is 11. The highest BCUT2D eigenvalue weighted by molar-refractivity contribution is 7.81. The van der Waals surface area contributed by atoms with E-state index in [2.05, 4.69) is 8.37 Å². The number of aliphatic carboxylic acids is 2. The second-order valence-electron chi connectivity index (χ2n) is 21.2. The fraction of sp³-hybridized carbons (Fsp3) is 0.913. The summed E-state index contributed by atoms with van der Waals surface area (Å²) in [7, 11) is -10.3. The molecule has 0 aromatic carbocycles. The summed E-state index contributed by atoms with van der Waals surface area (Å²) in [5.41, 5.74) is 0. The van der Waals surface area contributed by atoms with Gasteiger partial charge in [-0.2, -0.15) is 16.8 Å². The molecule has 5 saturated heterocycles. The van der Waals surface area contributed by atoms with E-state index in [1.165, 1.54) is 20.8 Å². The summed E-state index contributed by atoms with van der Waals surface area (Å²) in [6.07, 6.45) is -35.3. The highest BCUT2D eigenvalue weighted by Crippen LogP contribution is 2.36. The molecule has 0 aromatic rings. The summed E-state index contributed by atoms with van der Waals surface area (Å²) in [5, 5.41) is 149. The third-order valence-electron chi connectivity index (χ3n) is 15.5. The molecule has 17 unspecified atom stereocenters. The van der Waals surface area contributed by atoms with Crippen LogP contribution in [-0.2, 0) is 90.9 Å². The molecule has 6 rings (SSSR count). The molecule has 28 atom stereocenters. The van der Waals surface area contributed by atoms with Gasteiger partial charge in [-0.15, -0.1) is 0 Å². The lowest BCUT2D eigenvalue weighted by Crippen LogP contribution is -2.60. The topological polar surface area (TPSA) is 546 Å². The third-order valence-corrected chi connectivity index (χ3v) is 16.4. The molecule has 0 aliphatic carbocycles. The predicted octanol–water partition coefficient (Wildman–Crippen LogP) is -8.57. The van der Waals surface area contributed by atoms with E-state index in [-0.39, 0.29) is 0 Å². The van der Waals surface area contributed by atoms with Gasteiger partial charge in [0.05, 0.1) is 115 Å². The molecular formula is C46H76O35S2. The minimum atomic E-state index is -5.17. The maximum Gasteiger partial charge on any atom is 0.397 e. The van der Waals surface area contributed by atoms with E-state index in [9.17, 15) is 102 Å². The molecule has 0 spiro atoms. The smallest absolute Gasteiger partial charge is 0.397 e. The lowest BCUT2D eigenvalue weighted by atomic mass is 9.80. The standard InChI is InChI=1S/C46H76O35S2/c1-16-32(49)20(7-70-14-30-39(56)42(80-82(63,64)65)33(50)17(2)75-30)19(6-69-12-28-37(54)24(48)4-25(77-28)44(58)59)27(74-16)11-73-10-23-36(53)38(55)29(78-41(23)45(60)61)13-72-9-22-21(35(52)26(5-47)79-46(22)62)8-71-15-31-40(57)43(81-83(66,67)68)34(51)18(3)76-31/h4,16-24,26-43,46-57,62H,5-15H2,1-3H3,(H,58,59)(H,60,61)(H,63,64,65)(H,66,67,68)/t16?,17?,18?,19?,20?,21?,22?,23-,24?,26?,27+,28-,29-,30-,31-,32+,33+,34+,35-,36?,37?,38?,39?,40?,41?,42?,43?,46+/m0/s1. The molecule has 0 amide bonds. The van der Waals surface area contributed by atoms with Crippen LogP contribution in [0.5, 0.6) is 0 Å². The van der Waals surface area contributed by atoms with Crippen molar-refractivity contribution in [2.45, 2.75) is 161 Å². The summed E-state index contributed by atoms with van der Waals surface area (Å²) in [6.45, 7) is -1.81. The van der Waals surface area contributed by atoms with Crippen LogP contribution in [0.3, 0.4) is 0 Å². The Balaban J connectivity index is 1.09. The van der Waals surface area contributed by atoms with Crippen molar-refractivity contribution in [3.63, 3.8) is 0 Å². The fourth-order valence-corrected chi connectivity index (χ4v) is 11.9. The van der Waals surface area contributed by atoms with Crippen LogP contribution in [0.15, 0.2) is 11.8 Å². The van der Waals surface area contributed by atoms with Crippen LogP contribution in [0, 0.1) is 29.6 Å². The minimum absolute atomic E-state index is 0.399. The maximum absolute atomic E-state index is 12.7. The molecule has 0 radical (unpaired) electrons. The van der Waals surface area contributed by atoms with Crippen LogP contribution in [-0.4, -0.2) is 323 Å². The van der Waals surface area contributed by atoms with E-state index in [0.29, 0.717) is 0 Å². The minimum Gasteiger partial charge on any atom is -0.479 e. The van der Waals surface area contributed by atoms with Gasteiger partial charge in [0.1, 0.15) is 79.4 Å². The van der Waals surface area contributed by atoms with Crippen LogP contribution < -0.4 is 0 Å².